The molecular weight excluding hydrogens is 234 g/mol. The third-order valence-electron chi connectivity index (χ3n) is 2.53. The van der Waals surface area contributed by atoms with Gasteiger partial charge in [0.1, 0.15) is 12.2 Å². The van der Waals surface area contributed by atoms with Crippen LogP contribution in [0, 0.1) is 0 Å². The molecule has 0 aliphatic rings. The lowest BCUT2D eigenvalue weighted by molar-refractivity contribution is -0.144. The Morgan fingerprint density at radius 2 is 2.17 bits per heavy atom. The smallest absolute Gasteiger partial charge is 0.325 e. The van der Waals surface area contributed by atoms with Crippen molar-refractivity contribution in [3.63, 3.8) is 0 Å². The van der Waals surface area contributed by atoms with Crippen LogP contribution in [-0.2, 0) is 16.6 Å². The molecule has 0 radical (unpaired) electrons. The largest absolute Gasteiger partial charge is 0.465 e. The fourth-order valence-corrected chi connectivity index (χ4v) is 1.57. The number of esters is 1. The summed E-state index contributed by atoms with van der Waals surface area (Å²) in [5, 5.41) is 3.95. The van der Waals surface area contributed by atoms with Crippen molar-refractivity contribution in [3.8, 4) is 0 Å². The molecule has 0 spiro atoms. The quantitative estimate of drug-likeness (QED) is 0.729. The molecule has 6 heteroatoms. The monoisotopic (exact) mass is 253 g/mol. The van der Waals surface area contributed by atoms with Gasteiger partial charge in [0.25, 0.3) is 5.91 Å². The molecule has 6 nitrogen and oxygen atoms in total. The van der Waals surface area contributed by atoms with E-state index in [-0.39, 0.29) is 18.5 Å². The zero-order chi connectivity index (χ0) is 13.7. The van der Waals surface area contributed by atoms with E-state index in [2.05, 4.69) is 5.10 Å². The topological polar surface area (TPSA) is 64.4 Å². The maximum Gasteiger partial charge on any atom is 0.325 e. The molecule has 0 aromatic carbocycles. The van der Waals surface area contributed by atoms with Crippen LogP contribution in [0.4, 0.5) is 0 Å². The van der Waals surface area contributed by atoms with Crippen molar-refractivity contribution in [1.29, 1.82) is 0 Å². The van der Waals surface area contributed by atoms with Crippen LogP contribution in [0.1, 0.15) is 31.3 Å². The Labute approximate surface area is 107 Å². The summed E-state index contributed by atoms with van der Waals surface area (Å²) < 4.78 is 6.35. The molecule has 0 aliphatic heterocycles. The van der Waals surface area contributed by atoms with E-state index in [0.717, 1.165) is 0 Å². The molecule has 0 saturated carbocycles. The second-order valence-corrected chi connectivity index (χ2v) is 4.17. The molecule has 1 aromatic rings. The number of aryl methyl sites for hydroxylation is 1. The van der Waals surface area contributed by atoms with Gasteiger partial charge in [0.05, 0.1) is 6.61 Å². The summed E-state index contributed by atoms with van der Waals surface area (Å²) in [6, 6.07) is 1.54. The molecule has 0 aliphatic carbocycles. The van der Waals surface area contributed by atoms with Crippen molar-refractivity contribution in [1.82, 2.24) is 14.7 Å². The first-order valence-electron chi connectivity index (χ1n) is 5.92. The van der Waals surface area contributed by atoms with Gasteiger partial charge in [0.2, 0.25) is 0 Å². The Bertz CT molecular complexity index is 426. The van der Waals surface area contributed by atoms with E-state index >= 15 is 0 Å². The highest BCUT2D eigenvalue weighted by Gasteiger charge is 2.23. The van der Waals surface area contributed by atoms with E-state index in [9.17, 15) is 9.59 Å². The molecule has 1 aromatic heterocycles. The van der Waals surface area contributed by atoms with Crippen LogP contribution in [-0.4, -0.2) is 45.8 Å². The Morgan fingerprint density at radius 1 is 1.50 bits per heavy atom. The second-order valence-electron chi connectivity index (χ2n) is 4.17. The van der Waals surface area contributed by atoms with Crippen LogP contribution in [0.25, 0.3) is 0 Å². The van der Waals surface area contributed by atoms with E-state index < -0.39 is 5.97 Å². The Kier molecular flexibility index (Phi) is 4.88. The van der Waals surface area contributed by atoms with Crippen LogP contribution in [0.3, 0.4) is 0 Å². The van der Waals surface area contributed by atoms with Gasteiger partial charge >= 0.3 is 5.97 Å². The lowest BCUT2D eigenvalue weighted by Crippen LogP contribution is -2.42. The van der Waals surface area contributed by atoms with E-state index in [1.54, 1.807) is 26.2 Å². The Balaban J connectivity index is 2.83. The molecule has 0 bridgehead atoms. The van der Waals surface area contributed by atoms with E-state index in [0.29, 0.717) is 12.3 Å². The third-order valence-corrected chi connectivity index (χ3v) is 2.53. The van der Waals surface area contributed by atoms with Crippen molar-refractivity contribution in [2.45, 2.75) is 26.8 Å². The molecule has 1 heterocycles. The second kappa shape index (κ2) is 6.18. The fraction of sp³-hybridized carbons (Fsp3) is 0.583. The van der Waals surface area contributed by atoms with Gasteiger partial charge in [-0.15, -0.1) is 0 Å². The van der Waals surface area contributed by atoms with E-state index in [4.69, 9.17) is 4.74 Å². The van der Waals surface area contributed by atoms with Gasteiger partial charge < -0.3 is 9.64 Å². The number of nitrogens with zero attached hydrogens (tertiary/aromatic N) is 3. The summed E-state index contributed by atoms with van der Waals surface area (Å²) in [5.74, 6) is -0.625. The van der Waals surface area contributed by atoms with Gasteiger partial charge in [-0.3, -0.25) is 14.3 Å². The van der Waals surface area contributed by atoms with Gasteiger partial charge in [-0.25, -0.2) is 0 Å². The third kappa shape index (κ3) is 3.32. The van der Waals surface area contributed by atoms with Gasteiger partial charge in [0, 0.05) is 19.3 Å². The number of aromatic nitrogens is 2. The van der Waals surface area contributed by atoms with Gasteiger partial charge in [0.15, 0.2) is 0 Å². The maximum atomic E-state index is 12.3. The van der Waals surface area contributed by atoms with Crippen LogP contribution < -0.4 is 0 Å². The van der Waals surface area contributed by atoms with Gasteiger partial charge in [-0.2, -0.15) is 5.10 Å². The first kappa shape index (κ1) is 14.2. The molecule has 100 valence electrons. The molecule has 0 unspecified atom stereocenters. The summed E-state index contributed by atoms with van der Waals surface area (Å²) in [7, 11) is 1.69. The Hall–Kier alpha value is -1.85. The number of hydrogen-bond donors (Lipinski definition) is 0. The van der Waals surface area contributed by atoms with E-state index in [1.165, 1.54) is 9.58 Å². The zero-order valence-electron chi connectivity index (χ0n) is 11.2. The van der Waals surface area contributed by atoms with Gasteiger partial charge in [-0.1, -0.05) is 0 Å². The molecule has 0 N–H and O–H groups in total. The minimum Gasteiger partial charge on any atom is -0.465 e. The van der Waals surface area contributed by atoms with Gasteiger partial charge in [-0.05, 0) is 26.8 Å². The summed E-state index contributed by atoms with van der Waals surface area (Å²) in [6.45, 7) is 5.71. The lowest BCUT2D eigenvalue weighted by atomic mass is 10.2. The number of hydrogen-bond acceptors (Lipinski definition) is 4. The SMILES string of the molecule is CCOC(=O)CN(C(=O)c1ccnn1C)C(C)C. The number of carbonyl (C=O) groups is 2. The van der Waals surface area contributed by atoms with Crippen molar-refractivity contribution in [2.24, 2.45) is 7.05 Å². The fourth-order valence-electron chi connectivity index (χ4n) is 1.57. The summed E-state index contributed by atoms with van der Waals surface area (Å²) in [4.78, 5) is 25.2. The lowest BCUT2D eigenvalue weighted by Gasteiger charge is -2.25. The molecule has 18 heavy (non-hydrogen) atoms. The number of carbonyl (C=O) groups excluding carboxylic acids is 2. The maximum absolute atomic E-state index is 12.3. The van der Waals surface area contributed by atoms with Crippen LogP contribution in [0.15, 0.2) is 12.3 Å². The highest BCUT2D eigenvalue weighted by molar-refractivity contribution is 5.94. The highest BCUT2D eigenvalue weighted by atomic mass is 16.5. The van der Waals surface area contributed by atoms with E-state index in [1.807, 2.05) is 13.8 Å². The predicted octanol–water partition coefficient (Wildman–Crippen LogP) is 0.834. The van der Waals surface area contributed by atoms with Crippen molar-refractivity contribution >= 4 is 11.9 Å². The average molecular weight is 253 g/mol. The van der Waals surface area contributed by atoms with Crippen LogP contribution in [0.5, 0.6) is 0 Å². The number of amides is 1. The molecule has 0 atom stereocenters. The van der Waals surface area contributed by atoms with Crippen LogP contribution in [0.2, 0.25) is 0 Å². The Morgan fingerprint density at radius 3 is 2.61 bits per heavy atom. The summed E-state index contributed by atoms with van der Waals surface area (Å²) in [5.41, 5.74) is 0.452. The van der Waals surface area contributed by atoms with Crippen LogP contribution >= 0.6 is 0 Å². The predicted molar refractivity (Wildman–Crippen MR) is 66.0 cm³/mol. The summed E-state index contributed by atoms with van der Waals surface area (Å²) in [6.07, 6.45) is 1.55. The molecule has 1 rings (SSSR count). The first-order chi connectivity index (χ1) is 8.47. The number of rotatable bonds is 5. The minimum absolute atomic E-state index is 0.0461. The first-order valence-corrected chi connectivity index (χ1v) is 5.92. The minimum atomic E-state index is -0.401. The molecule has 0 saturated heterocycles. The van der Waals surface area contributed by atoms with Crippen molar-refractivity contribution < 1.29 is 14.3 Å². The normalized spacial score (nSPS) is 10.5. The van der Waals surface area contributed by atoms with Crippen molar-refractivity contribution in [2.75, 3.05) is 13.2 Å². The number of ether oxygens (including phenoxy) is 1. The standard InChI is InChI=1S/C12H19N3O3/c1-5-18-11(16)8-15(9(2)3)12(17)10-6-7-13-14(10)4/h6-7,9H,5,8H2,1-4H3. The highest BCUT2D eigenvalue weighted by Crippen LogP contribution is 2.07. The average Bonchev–Trinajstić information content (AvgIpc) is 2.71. The molecular formula is C12H19N3O3. The zero-order valence-corrected chi connectivity index (χ0v) is 11.2. The van der Waals surface area contributed by atoms with Crippen molar-refractivity contribution in [3.05, 3.63) is 18.0 Å². The molecule has 1 amide bonds. The molecule has 0 fully saturated rings. The summed E-state index contributed by atoms with van der Waals surface area (Å²) >= 11 is 0.